The fourth-order valence-electron chi connectivity index (χ4n) is 1.68. The Morgan fingerprint density at radius 1 is 1.16 bits per heavy atom. The molecular formula is C14H8N2O3. The summed E-state index contributed by atoms with van der Waals surface area (Å²) in [6.45, 7) is 0. The van der Waals surface area contributed by atoms with Gasteiger partial charge in [0.15, 0.2) is 5.78 Å². The number of hydrogen-bond donors (Lipinski definition) is 0. The standard InChI is InChI=1S/C14H8N2O3/c15-9-11-8-12(16(18)19)6-7-13(11)14(17)10-4-2-1-3-5-10/h1-8H. The monoisotopic (exact) mass is 252 g/mol. The predicted octanol–water partition coefficient (Wildman–Crippen LogP) is 2.70. The molecule has 2 aromatic carbocycles. The Balaban J connectivity index is 2.49. The summed E-state index contributed by atoms with van der Waals surface area (Å²) < 4.78 is 0. The van der Waals surface area contributed by atoms with Crippen LogP contribution in [0, 0.1) is 21.4 Å². The van der Waals surface area contributed by atoms with Crippen molar-refractivity contribution in [2.24, 2.45) is 0 Å². The first-order valence-corrected chi connectivity index (χ1v) is 5.42. The molecule has 0 saturated carbocycles. The number of carbonyl (C=O) groups is 1. The first-order valence-electron chi connectivity index (χ1n) is 5.42. The Morgan fingerprint density at radius 2 is 1.84 bits per heavy atom. The molecule has 0 aliphatic rings. The first kappa shape index (κ1) is 12.5. The van der Waals surface area contributed by atoms with Crippen LogP contribution in [0.5, 0.6) is 0 Å². The van der Waals surface area contributed by atoms with Gasteiger partial charge in [-0.15, -0.1) is 0 Å². The van der Waals surface area contributed by atoms with E-state index in [1.807, 2.05) is 6.07 Å². The smallest absolute Gasteiger partial charge is 0.270 e. The molecule has 0 amide bonds. The quantitative estimate of drug-likeness (QED) is 0.477. The molecule has 0 spiro atoms. The molecule has 0 aromatic heterocycles. The van der Waals surface area contributed by atoms with E-state index in [0.717, 1.165) is 6.07 Å². The zero-order chi connectivity index (χ0) is 13.8. The van der Waals surface area contributed by atoms with Gasteiger partial charge in [0.05, 0.1) is 10.5 Å². The molecule has 0 fully saturated rings. The maximum Gasteiger partial charge on any atom is 0.270 e. The minimum atomic E-state index is -0.600. The van der Waals surface area contributed by atoms with Gasteiger partial charge >= 0.3 is 0 Å². The molecule has 0 aliphatic heterocycles. The van der Waals surface area contributed by atoms with Crippen molar-refractivity contribution in [1.29, 1.82) is 5.26 Å². The predicted molar refractivity (Wildman–Crippen MR) is 67.7 cm³/mol. The maximum atomic E-state index is 12.2. The summed E-state index contributed by atoms with van der Waals surface area (Å²) in [4.78, 5) is 22.2. The van der Waals surface area contributed by atoms with Crippen molar-refractivity contribution in [3.05, 3.63) is 75.3 Å². The van der Waals surface area contributed by atoms with Gasteiger partial charge in [0.25, 0.3) is 5.69 Å². The maximum absolute atomic E-state index is 12.2. The normalized spacial score (nSPS) is 9.63. The van der Waals surface area contributed by atoms with Gasteiger partial charge in [-0.05, 0) is 6.07 Å². The Kier molecular flexibility index (Phi) is 3.35. The number of nitrogens with zero attached hydrogens (tertiary/aromatic N) is 2. The van der Waals surface area contributed by atoms with Gasteiger partial charge in [0.2, 0.25) is 0 Å². The number of carbonyl (C=O) groups excluding carboxylic acids is 1. The third kappa shape index (κ3) is 2.48. The fraction of sp³-hybridized carbons (Fsp3) is 0. The summed E-state index contributed by atoms with van der Waals surface area (Å²) in [6.07, 6.45) is 0. The minimum absolute atomic E-state index is 0.00283. The van der Waals surface area contributed by atoms with E-state index < -0.39 is 4.92 Å². The highest BCUT2D eigenvalue weighted by molar-refractivity contribution is 6.10. The van der Waals surface area contributed by atoms with E-state index in [9.17, 15) is 14.9 Å². The van der Waals surface area contributed by atoms with Gasteiger partial charge in [-0.25, -0.2) is 0 Å². The number of hydrogen-bond acceptors (Lipinski definition) is 4. The second kappa shape index (κ2) is 5.10. The molecule has 0 heterocycles. The van der Waals surface area contributed by atoms with E-state index in [1.165, 1.54) is 12.1 Å². The largest absolute Gasteiger partial charge is 0.289 e. The summed E-state index contributed by atoms with van der Waals surface area (Å²) in [5.41, 5.74) is 0.399. The lowest BCUT2D eigenvalue weighted by Crippen LogP contribution is -2.04. The topological polar surface area (TPSA) is 84.0 Å². The highest BCUT2D eigenvalue weighted by atomic mass is 16.6. The number of nitriles is 1. The van der Waals surface area contributed by atoms with Gasteiger partial charge in [0.1, 0.15) is 6.07 Å². The second-order valence-electron chi connectivity index (χ2n) is 3.79. The molecule has 2 rings (SSSR count). The summed E-state index contributed by atoms with van der Waals surface area (Å²) in [5, 5.41) is 19.6. The van der Waals surface area contributed by atoms with Crippen molar-refractivity contribution in [3.63, 3.8) is 0 Å². The molecule has 0 N–H and O–H groups in total. The molecule has 5 heteroatoms. The lowest BCUT2D eigenvalue weighted by molar-refractivity contribution is -0.384. The highest BCUT2D eigenvalue weighted by Crippen LogP contribution is 2.20. The van der Waals surface area contributed by atoms with Gasteiger partial charge < -0.3 is 0 Å². The lowest BCUT2D eigenvalue weighted by atomic mass is 9.98. The zero-order valence-corrected chi connectivity index (χ0v) is 9.74. The molecule has 0 atom stereocenters. The van der Waals surface area contributed by atoms with Crippen molar-refractivity contribution in [2.45, 2.75) is 0 Å². The Labute approximate surface area is 108 Å². The van der Waals surface area contributed by atoms with E-state index in [0.29, 0.717) is 5.56 Å². The Bertz CT molecular complexity index is 688. The Hall–Kier alpha value is -3.00. The lowest BCUT2D eigenvalue weighted by Gasteiger charge is -2.03. The molecule has 0 radical (unpaired) electrons. The average molecular weight is 252 g/mol. The van der Waals surface area contributed by atoms with Crippen molar-refractivity contribution < 1.29 is 9.72 Å². The summed E-state index contributed by atoms with van der Waals surface area (Å²) in [5.74, 6) is -0.327. The van der Waals surface area contributed by atoms with Crippen molar-refractivity contribution in [2.75, 3.05) is 0 Å². The highest BCUT2D eigenvalue weighted by Gasteiger charge is 2.16. The SMILES string of the molecule is N#Cc1cc([N+](=O)[O-])ccc1C(=O)c1ccccc1. The summed E-state index contributed by atoms with van der Waals surface area (Å²) >= 11 is 0. The molecule has 0 saturated heterocycles. The van der Waals surface area contributed by atoms with E-state index >= 15 is 0 Å². The molecule has 2 aromatic rings. The number of ketones is 1. The van der Waals surface area contributed by atoms with Crippen LogP contribution in [-0.4, -0.2) is 10.7 Å². The molecule has 0 unspecified atom stereocenters. The van der Waals surface area contributed by atoms with Gasteiger partial charge in [0, 0.05) is 23.3 Å². The molecule has 5 nitrogen and oxygen atoms in total. The van der Waals surface area contributed by atoms with Gasteiger partial charge in [-0.1, -0.05) is 30.3 Å². The van der Waals surface area contributed by atoms with Gasteiger partial charge in [-0.2, -0.15) is 5.26 Å². The zero-order valence-electron chi connectivity index (χ0n) is 9.74. The van der Waals surface area contributed by atoms with Crippen LogP contribution >= 0.6 is 0 Å². The van der Waals surface area contributed by atoms with E-state index in [-0.39, 0.29) is 22.6 Å². The summed E-state index contributed by atoms with van der Waals surface area (Å²) in [6, 6.07) is 13.9. The van der Waals surface area contributed by atoms with Gasteiger partial charge in [-0.3, -0.25) is 14.9 Å². The van der Waals surface area contributed by atoms with Crippen molar-refractivity contribution >= 4 is 11.5 Å². The third-order valence-electron chi connectivity index (χ3n) is 2.62. The van der Waals surface area contributed by atoms with Crippen molar-refractivity contribution in [1.82, 2.24) is 0 Å². The minimum Gasteiger partial charge on any atom is -0.289 e. The number of rotatable bonds is 3. The Morgan fingerprint density at radius 3 is 2.42 bits per heavy atom. The molecular weight excluding hydrogens is 244 g/mol. The van der Waals surface area contributed by atoms with E-state index in [4.69, 9.17) is 5.26 Å². The molecule has 92 valence electrons. The first-order chi connectivity index (χ1) is 9.13. The number of nitro benzene ring substituents is 1. The van der Waals surface area contributed by atoms with E-state index in [1.54, 1.807) is 30.3 Å². The average Bonchev–Trinajstić information content (AvgIpc) is 2.46. The van der Waals surface area contributed by atoms with Crippen LogP contribution in [0.1, 0.15) is 21.5 Å². The van der Waals surface area contributed by atoms with Crippen molar-refractivity contribution in [3.8, 4) is 6.07 Å². The van der Waals surface area contributed by atoms with E-state index in [2.05, 4.69) is 0 Å². The van der Waals surface area contributed by atoms with Crippen LogP contribution in [0.25, 0.3) is 0 Å². The molecule has 0 bridgehead atoms. The number of nitro groups is 1. The fourth-order valence-corrected chi connectivity index (χ4v) is 1.68. The van der Waals surface area contributed by atoms with Crippen LogP contribution in [0.15, 0.2) is 48.5 Å². The third-order valence-corrected chi connectivity index (χ3v) is 2.62. The molecule has 0 aliphatic carbocycles. The molecule has 19 heavy (non-hydrogen) atoms. The number of benzene rings is 2. The van der Waals surface area contributed by atoms with Crippen LogP contribution in [-0.2, 0) is 0 Å². The van der Waals surface area contributed by atoms with Crippen LogP contribution in [0.2, 0.25) is 0 Å². The van der Waals surface area contributed by atoms with Crippen LogP contribution < -0.4 is 0 Å². The number of non-ortho nitro benzene ring substituents is 1. The van der Waals surface area contributed by atoms with Crippen LogP contribution in [0.3, 0.4) is 0 Å². The second-order valence-corrected chi connectivity index (χ2v) is 3.79. The summed E-state index contributed by atoms with van der Waals surface area (Å²) in [7, 11) is 0. The van der Waals surface area contributed by atoms with Crippen LogP contribution in [0.4, 0.5) is 5.69 Å².